The van der Waals surface area contributed by atoms with Crippen molar-refractivity contribution in [3.63, 3.8) is 0 Å². The van der Waals surface area contributed by atoms with Crippen LogP contribution in [0.3, 0.4) is 0 Å². The summed E-state index contributed by atoms with van der Waals surface area (Å²) in [4.78, 5) is 24.8. The Kier molecular flexibility index (Phi) is 4.04. The van der Waals surface area contributed by atoms with Crippen LogP contribution in [-0.2, 0) is 9.53 Å². The average molecular weight is 286 g/mol. The molecule has 1 aliphatic heterocycles. The van der Waals surface area contributed by atoms with E-state index in [4.69, 9.17) is 11.6 Å². The van der Waals surface area contributed by atoms with Crippen molar-refractivity contribution in [3.05, 3.63) is 29.6 Å². The van der Waals surface area contributed by atoms with Gasteiger partial charge < -0.3 is 9.64 Å². The highest BCUT2D eigenvalue weighted by Gasteiger charge is 2.30. The number of alkyl halides is 1. The van der Waals surface area contributed by atoms with Gasteiger partial charge in [0.05, 0.1) is 12.7 Å². The van der Waals surface area contributed by atoms with E-state index in [9.17, 15) is 14.0 Å². The summed E-state index contributed by atoms with van der Waals surface area (Å²) in [5.41, 5.74) is 0.307. The molecule has 1 aromatic rings. The smallest absolute Gasteiger partial charge is 0.340 e. The summed E-state index contributed by atoms with van der Waals surface area (Å²) in [6.45, 7) is 0.481. The first-order chi connectivity index (χ1) is 9.06. The Morgan fingerprint density at radius 1 is 1.58 bits per heavy atom. The predicted molar refractivity (Wildman–Crippen MR) is 68.9 cm³/mol. The first-order valence-corrected chi connectivity index (χ1v) is 6.34. The van der Waals surface area contributed by atoms with Crippen LogP contribution in [0.1, 0.15) is 16.8 Å². The van der Waals surface area contributed by atoms with Gasteiger partial charge in [-0.3, -0.25) is 4.79 Å². The van der Waals surface area contributed by atoms with E-state index in [-0.39, 0.29) is 17.4 Å². The summed E-state index contributed by atoms with van der Waals surface area (Å²) < 4.78 is 18.0. The Morgan fingerprint density at radius 2 is 2.32 bits per heavy atom. The second-order valence-electron chi connectivity index (χ2n) is 4.38. The van der Waals surface area contributed by atoms with Gasteiger partial charge in [0.25, 0.3) is 0 Å². The molecule has 0 radical (unpaired) electrons. The molecule has 0 spiro atoms. The second kappa shape index (κ2) is 5.57. The van der Waals surface area contributed by atoms with E-state index < -0.39 is 11.8 Å². The lowest BCUT2D eigenvalue weighted by atomic mass is 10.1. The Labute approximate surface area is 115 Å². The number of hydrogen-bond donors (Lipinski definition) is 0. The second-order valence-corrected chi connectivity index (χ2v) is 4.69. The normalized spacial score (nSPS) is 18.8. The topological polar surface area (TPSA) is 46.6 Å². The van der Waals surface area contributed by atoms with E-state index >= 15 is 0 Å². The first-order valence-electron chi connectivity index (χ1n) is 5.81. The summed E-state index contributed by atoms with van der Waals surface area (Å²) in [6.07, 6.45) is 0.369. The molecule has 1 heterocycles. The van der Waals surface area contributed by atoms with Crippen LogP contribution in [0.4, 0.5) is 10.1 Å². The number of esters is 1. The number of carbonyl (C=O) groups is 2. The van der Waals surface area contributed by atoms with Crippen LogP contribution in [0.25, 0.3) is 0 Å². The number of anilines is 1. The molecular weight excluding hydrogens is 273 g/mol. The van der Waals surface area contributed by atoms with E-state index in [1.807, 2.05) is 0 Å². The highest BCUT2D eigenvalue weighted by Crippen LogP contribution is 2.27. The number of methoxy groups -OCH3 is 1. The van der Waals surface area contributed by atoms with Gasteiger partial charge in [0.2, 0.25) is 5.91 Å². The van der Waals surface area contributed by atoms with Crippen LogP contribution >= 0.6 is 11.6 Å². The molecule has 102 valence electrons. The maximum Gasteiger partial charge on any atom is 0.340 e. The zero-order chi connectivity index (χ0) is 14.0. The number of nitrogens with zero attached hydrogens (tertiary/aromatic N) is 1. The minimum Gasteiger partial charge on any atom is -0.465 e. The fraction of sp³-hybridized carbons (Fsp3) is 0.385. The van der Waals surface area contributed by atoms with Crippen molar-refractivity contribution in [3.8, 4) is 0 Å². The van der Waals surface area contributed by atoms with E-state index in [0.717, 1.165) is 6.07 Å². The zero-order valence-corrected chi connectivity index (χ0v) is 11.1. The minimum atomic E-state index is -0.764. The average Bonchev–Trinajstić information content (AvgIpc) is 2.80. The van der Waals surface area contributed by atoms with Gasteiger partial charge in [-0.2, -0.15) is 0 Å². The molecule has 4 nitrogen and oxygen atoms in total. The third kappa shape index (κ3) is 2.71. The number of rotatable bonds is 3. The lowest BCUT2D eigenvalue weighted by Gasteiger charge is -2.17. The number of halogens is 2. The fourth-order valence-corrected chi connectivity index (χ4v) is 2.29. The molecule has 6 heteroatoms. The van der Waals surface area contributed by atoms with E-state index in [2.05, 4.69) is 4.74 Å². The van der Waals surface area contributed by atoms with Crippen molar-refractivity contribution in [1.82, 2.24) is 0 Å². The lowest BCUT2D eigenvalue weighted by molar-refractivity contribution is -0.117. The molecule has 19 heavy (non-hydrogen) atoms. The Hall–Kier alpha value is -1.62. The van der Waals surface area contributed by atoms with Gasteiger partial charge in [-0.25, -0.2) is 9.18 Å². The molecule has 0 aliphatic carbocycles. The molecular formula is C13H13ClFNO3. The SMILES string of the molecule is COC(=O)c1cc(N2CC(CCl)CC2=O)ccc1F. The predicted octanol–water partition coefficient (Wildman–Crippen LogP) is 2.20. The van der Waals surface area contributed by atoms with Crippen molar-refractivity contribution in [2.24, 2.45) is 5.92 Å². The standard InChI is InChI=1S/C13H13ClFNO3/c1-19-13(18)10-5-9(2-3-11(10)15)16-7-8(6-14)4-12(16)17/h2-3,5,8H,4,6-7H2,1H3. The third-order valence-corrected chi connectivity index (χ3v) is 3.53. The Morgan fingerprint density at radius 3 is 2.89 bits per heavy atom. The van der Waals surface area contributed by atoms with Gasteiger partial charge in [-0.05, 0) is 24.1 Å². The highest BCUT2D eigenvalue weighted by molar-refractivity contribution is 6.18. The van der Waals surface area contributed by atoms with Gasteiger partial charge >= 0.3 is 5.97 Å². The van der Waals surface area contributed by atoms with Crippen molar-refractivity contribution < 1.29 is 18.7 Å². The first kappa shape index (κ1) is 13.8. The maximum atomic E-state index is 13.5. The number of ether oxygens (including phenoxy) is 1. The maximum absolute atomic E-state index is 13.5. The molecule has 2 rings (SSSR count). The largest absolute Gasteiger partial charge is 0.465 e. The number of hydrogen-bond acceptors (Lipinski definition) is 3. The van der Waals surface area contributed by atoms with Crippen LogP contribution < -0.4 is 4.90 Å². The molecule has 1 amide bonds. The minimum absolute atomic E-state index is 0.0759. The van der Waals surface area contributed by atoms with Crippen molar-refractivity contribution in [2.45, 2.75) is 6.42 Å². The van der Waals surface area contributed by atoms with E-state index in [1.165, 1.54) is 24.1 Å². The molecule has 0 aromatic heterocycles. The van der Waals surface area contributed by atoms with Crippen LogP contribution in [0, 0.1) is 11.7 Å². The summed E-state index contributed by atoms with van der Waals surface area (Å²) in [5.74, 6) is -1.03. The number of amides is 1. The van der Waals surface area contributed by atoms with Crippen molar-refractivity contribution >= 4 is 29.2 Å². The summed E-state index contributed by atoms with van der Waals surface area (Å²) >= 11 is 5.74. The Bertz CT molecular complexity index is 521. The van der Waals surface area contributed by atoms with Gasteiger partial charge in [0.1, 0.15) is 5.82 Å². The van der Waals surface area contributed by atoms with Gasteiger partial charge in [-0.15, -0.1) is 11.6 Å². The summed E-state index contributed by atoms with van der Waals surface area (Å²) in [6, 6.07) is 3.95. The molecule has 0 saturated carbocycles. The van der Waals surface area contributed by atoms with Gasteiger partial charge in [0, 0.05) is 24.5 Å². The molecule has 1 atom stereocenters. The molecule has 1 saturated heterocycles. The molecule has 0 N–H and O–H groups in total. The van der Waals surface area contributed by atoms with Gasteiger partial charge in [-0.1, -0.05) is 0 Å². The summed E-state index contributed by atoms with van der Waals surface area (Å²) in [7, 11) is 1.18. The highest BCUT2D eigenvalue weighted by atomic mass is 35.5. The lowest BCUT2D eigenvalue weighted by Crippen LogP contribution is -2.25. The zero-order valence-electron chi connectivity index (χ0n) is 10.4. The van der Waals surface area contributed by atoms with Crippen LogP contribution in [0.2, 0.25) is 0 Å². The molecule has 1 aromatic carbocycles. The van der Waals surface area contributed by atoms with E-state index in [1.54, 1.807) is 0 Å². The van der Waals surface area contributed by atoms with Crippen LogP contribution in [0.5, 0.6) is 0 Å². The van der Waals surface area contributed by atoms with Gasteiger partial charge in [0.15, 0.2) is 0 Å². The molecule has 0 bridgehead atoms. The quantitative estimate of drug-likeness (QED) is 0.632. The number of benzene rings is 1. The monoisotopic (exact) mass is 285 g/mol. The molecule has 1 aliphatic rings. The molecule has 1 unspecified atom stereocenters. The van der Waals surface area contributed by atoms with Crippen molar-refractivity contribution in [2.75, 3.05) is 24.4 Å². The Balaban J connectivity index is 2.31. The van der Waals surface area contributed by atoms with Crippen LogP contribution in [0.15, 0.2) is 18.2 Å². The number of carbonyl (C=O) groups excluding carboxylic acids is 2. The fourth-order valence-electron chi connectivity index (χ4n) is 2.08. The van der Waals surface area contributed by atoms with Crippen LogP contribution in [-0.4, -0.2) is 31.4 Å². The van der Waals surface area contributed by atoms with Crippen molar-refractivity contribution in [1.29, 1.82) is 0 Å². The third-order valence-electron chi connectivity index (χ3n) is 3.09. The molecule has 1 fully saturated rings. The van der Waals surface area contributed by atoms with E-state index in [0.29, 0.717) is 24.5 Å². The summed E-state index contributed by atoms with van der Waals surface area (Å²) in [5, 5.41) is 0.